The first-order valence-electron chi connectivity index (χ1n) is 6.27. The van der Waals surface area contributed by atoms with Crippen LogP contribution in [0.1, 0.15) is 30.4 Å². The molecule has 2 rings (SSSR count). The van der Waals surface area contributed by atoms with Crippen LogP contribution in [-0.4, -0.2) is 23.9 Å². The number of benzene rings is 1. The van der Waals surface area contributed by atoms with Gasteiger partial charge in [0.2, 0.25) is 5.91 Å². The molecule has 1 aliphatic rings. The third-order valence-electron chi connectivity index (χ3n) is 3.13. The number of nitriles is 1. The van der Waals surface area contributed by atoms with E-state index in [0.717, 1.165) is 31.5 Å². The van der Waals surface area contributed by atoms with E-state index in [0.29, 0.717) is 5.56 Å². The predicted molar refractivity (Wildman–Crippen MR) is 70.6 cm³/mol. The summed E-state index contributed by atoms with van der Waals surface area (Å²) >= 11 is 0. The molecule has 1 amide bonds. The number of likely N-dealkylation sites (tertiary alicyclic amines) is 1. The first kappa shape index (κ1) is 12.4. The standard InChI is InChI=1S/C15H16N2O/c16-12-14-6-4-13(5-7-14)8-9-15(18)17-10-2-1-3-11-17/h4-9H,1-3,10-11H2. The second-order valence-electron chi connectivity index (χ2n) is 4.45. The van der Waals surface area contributed by atoms with Crippen molar-refractivity contribution in [1.29, 1.82) is 5.26 Å². The maximum Gasteiger partial charge on any atom is 0.246 e. The Hall–Kier alpha value is -2.08. The van der Waals surface area contributed by atoms with E-state index in [1.165, 1.54) is 6.42 Å². The Kier molecular flexibility index (Phi) is 4.14. The van der Waals surface area contributed by atoms with Crippen LogP contribution >= 0.6 is 0 Å². The van der Waals surface area contributed by atoms with Crippen molar-refractivity contribution >= 4 is 12.0 Å². The van der Waals surface area contributed by atoms with Crippen LogP contribution in [0.25, 0.3) is 6.08 Å². The summed E-state index contributed by atoms with van der Waals surface area (Å²) in [6.45, 7) is 1.74. The van der Waals surface area contributed by atoms with Gasteiger partial charge in [-0.05, 0) is 43.0 Å². The van der Waals surface area contributed by atoms with Crippen LogP contribution in [0, 0.1) is 11.3 Å². The van der Waals surface area contributed by atoms with Gasteiger partial charge in [-0.2, -0.15) is 5.26 Å². The Balaban J connectivity index is 1.96. The van der Waals surface area contributed by atoms with E-state index in [-0.39, 0.29) is 5.91 Å². The van der Waals surface area contributed by atoms with Crippen LogP contribution in [0.2, 0.25) is 0 Å². The molecule has 1 saturated heterocycles. The molecule has 3 nitrogen and oxygen atoms in total. The largest absolute Gasteiger partial charge is 0.339 e. The highest BCUT2D eigenvalue weighted by Gasteiger charge is 2.13. The van der Waals surface area contributed by atoms with Crippen LogP contribution in [-0.2, 0) is 4.79 Å². The average molecular weight is 240 g/mol. The van der Waals surface area contributed by atoms with Crippen LogP contribution in [0.15, 0.2) is 30.3 Å². The molecule has 3 heteroatoms. The Bertz CT molecular complexity index is 476. The van der Waals surface area contributed by atoms with Gasteiger partial charge in [-0.15, -0.1) is 0 Å². The van der Waals surface area contributed by atoms with Gasteiger partial charge >= 0.3 is 0 Å². The molecular weight excluding hydrogens is 224 g/mol. The molecule has 1 aromatic carbocycles. The van der Waals surface area contributed by atoms with Crippen molar-refractivity contribution in [2.24, 2.45) is 0 Å². The molecule has 0 radical (unpaired) electrons. The SMILES string of the molecule is N#Cc1ccc(C=CC(=O)N2CCCCC2)cc1. The minimum absolute atomic E-state index is 0.0825. The number of nitrogens with zero attached hydrogens (tertiary/aromatic N) is 2. The van der Waals surface area contributed by atoms with Gasteiger partial charge in [-0.1, -0.05) is 12.1 Å². The fraction of sp³-hybridized carbons (Fsp3) is 0.333. The lowest BCUT2D eigenvalue weighted by atomic mass is 10.1. The molecule has 1 aromatic rings. The maximum absolute atomic E-state index is 11.9. The zero-order valence-corrected chi connectivity index (χ0v) is 10.3. The van der Waals surface area contributed by atoms with Gasteiger partial charge in [0.1, 0.15) is 0 Å². The minimum Gasteiger partial charge on any atom is -0.339 e. The van der Waals surface area contributed by atoms with Crippen LogP contribution < -0.4 is 0 Å². The van der Waals surface area contributed by atoms with Gasteiger partial charge in [0.05, 0.1) is 11.6 Å². The van der Waals surface area contributed by atoms with E-state index in [2.05, 4.69) is 6.07 Å². The highest BCUT2D eigenvalue weighted by Crippen LogP contribution is 2.10. The summed E-state index contributed by atoms with van der Waals surface area (Å²) in [5, 5.41) is 8.69. The van der Waals surface area contributed by atoms with E-state index in [4.69, 9.17) is 5.26 Å². The summed E-state index contributed by atoms with van der Waals surface area (Å²) in [7, 11) is 0. The molecule has 0 aliphatic carbocycles. The topological polar surface area (TPSA) is 44.1 Å². The molecule has 1 aliphatic heterocycles. The van der Waals surface area contributed by atoms with Gasteiger partial charge in [0.15, 0.2) is 0 Å². The van der Waals surface area contributed by atoms with Crippen molar-refractivity contribution in [2.45, 2.75) is 19.3 Å². The molecule has 1 heterocycles. The molecule has 0 bridgehead atoms. The Labute approximate surface area is 107 Å². The number of carbonyl (C=O) groups excluding carboxylic acids is 1. The Morgan fingerprint density at radius 2 is 1.83 bits per heavy atom. The number of piperidine rings is 1. The summed E-state index contributed by atoms with van der Waals surface area (Å²) in [4.78, 5) is 13.8. The quantitative estimate of drug-likeness (QED) is 0.746. The number of amides is 1. The molecule has 18 heavy (non-hydrogen) atoms. The highest BCUT2D eigenvalue weighted by atomic mass is 16.2. The van der Waals surface area contributed by atoms with Crippen LogP contribution in [0.5, 0.6) is 0 Å². The monoisotopic (exact) mass is 240 g/mol. The van der Waals surface area contributed by atoms with Gasteiger partial charge in [0, 0.05) is 19.2 Å². The minimum atomic E-state index is 0.0825. The molecular formula is C15H16N2O. The molecule has 0 unspecified atom stereocenters. The van der Waals surface area contributed by atoms with Crippen molar-refractivity contribution in [3.8, 4) is 6.07 Å². The second kappa shape index (κ2) is 6.02. The average Bonchev–Trinajstić information content (AvgIpc) is 2.46. The van der Waals surface area contributed by atoms with Gasteiger partial charge in [0.25, 0.3) is 0 Å². The third-order valence-corrected chi connectivity index (χ3v) is 3.13. The smallest absolute Gasteiger partial charge is 0.246 e. The first-order valence-corrected chi connectivity index (χ1v) is 6.27. The summed E-state index contributed by atoms with van der Waals surface area (Å²) in [5.41, 5.74) is 1.58. The highest BCUT2D eigenvalue weighted by molar-refractivity contribution is 5.91. The lowest BCUT2D eigenvalue weighted by Gasteiger charge is -2.25. The summed E-state index contributed by atoms with van der Waals surface area (Å²) in [6.07, 6.45) is 6.86. The van der Waals surface area contributed by atoms with Gasteiger partial charge in [-0.25, -0.2) is 0 Å². The summed E-state index contributed by atoms with van der Waals surface area (Å²) in [6, 6.07) is 9.27. The first-order chi connectivity index (χ1) is 8.79. The Morgan fingerprint density at radius 3 is 2.44 bits per heavy atom. The number of rotatable bonds is 2. The van der Waals surface area contributed by atoms with Crippen molar-refractivity contribution in [1.82, 2.24) is 4.90 Å². The molecule has 0 spiro atoms. The molecule has 92 valence electrons. The van der Waals surface area contributed by atoms with E-state index >= 15 is 0 Å². The van der Waals surface area contributed by atoms with Gasteiger partial charge < -0.3 is 4.90 Å². The Morgan fingerprint density at radius 1 is 1.17 bits per heavy atom. The maximum atomic E-state index is 11.9. The lowest BCUT2D eigenvalue weighted by molar-refractivity contribution is -0.126. The normalized spacial score (nSPS) is 15.6. The van der Waals surface area contributed by atoms with Crippen LogP contribution in [0.4, 0.5) is 0 Å². The zero-order chi connectivity index (χ0) is 12.8. The fourth-order valence-electron chi connectivity index (χ4n) is 2.06. The number of hydrogen-bond donors (Lipinski definition) is 0. The fourth-order valence-corrected chi connectivity index (χ4v) is 2.06. The molecule has 0 saturated carbocycles. The zero-order valence-electron chi connectivity index (χ0n) is 10.3. The van der Waals surface area contributed by atoms with E-state index in [1.54, 1.807) is 24.3 Å². The van der Waals surface area contributed by atoms with Crippen molar-refractivity contribution in [3.63, 3.8) is 0 Å². The van der Waals surface area contributed by atoms with Crippen molar-refractivity contribution in [2.75, 3.05) is 13.1 Å². The molecule has 0 N–H and O–H groups in total. The van der Waals surface area contributed by atoms with Crippen molar-refractivity contribution < 1.29 is 4.79 Å². The van der Waals surface area contributed by atoms with E-state index in [1.807, 2.05) is 17.0 Å². The van der Waals surface area contributed by atoms with Crippen LogP contribution in [0.3, 0.4) is 0 Å². The van der Waals surface area contributed by atoms with Crippen molar-refractivity contribution in [3.05, 3.63) is 41.5 Å². The number of carbonyl (C=O) groups is 1. The lowest BCUT2D eigenvalue weighted by Crippen LogP contribution is -2.34. The number of hydrogen-bond acceptors (Lipinski definition) is 2. The van der Waals surface area contributed by atoms with E-state index in [9.17, 15) is 4.79 Å². The molecule has 0 atom stereocenters. The summed E-state index contributed by atoms with van der Waals surface area (Å²) in [5.74, 6) is 0.0825. The second-order valence-corrected chi connectivity index (χ2v) is 4.45. The van der Waals surface area contributed by atoms with Gasteiger partial charge in [-0.3, -0.25) is 4.79 Å². The third kappa shape index (κ3) is 3.21. The summed E-state index contributed by atoms with van der Waals surface area (Å²) < 4.78 is 0. The predicted octanol–water partition coefficient (Wildman–Crippen LogP) is 2.58. The molecule has 0 aromatic heterocycles. The van der Waals surface area contributed by atoms with E-state index < -0.39 is 0 Å². The molecule has 1 fully saturated rings.